The lowest BCUT2D eigenvalue weighted by molar-refractivity contribution is 0.660. The molecule has 1 heteroatoms. The third kappa shape index (κ3) is 5.70. The van der Waals surface area contributed by atoms with Crippen molar-refractivity contribution >= 4 is 60.2 Å². The number of hydrogen-bond acceptors (Lipinski definition) is 1. The van der Waals surface area contributed by atoms with Crippen molar-refractivity contribution in [1.82, 2.24) is 0 Å². The maximum atomic E-state index is 2.49. The number of benzene rings is 11. The summed E-state index contributed by atoms with van der Waals surface area (Å²) in [4.78, 5) is 2.49. The van der Waals surface area contributed by atoms with Gasteiger partial charge in [-0.2, -0.15) is 0 Å². The lowest BCUT2D eigenvalue weighted by Gasteiger charge is -2.30. The van der Waals surface area contributed by atoms with Crippen LogP contribution in [0.2, 0.25) is 0 Å². The topological polar surface area (TPSA) is 3.24 Å². The molecule has 0 saturated carbocycles. The summed E-state index contributed by atoms with van der Waals surface area (Å²) in [6.07, 6.45) is 0. The summed E-state index contributed by atoms with van der Waals surface area (Å²) < 4.78 is 0. The van der Waals surface area contributed by atoms with Crippen LogP contribution in [0.25, 0.3) is 87.6 Å². The summed E-state index contributed by atoms with van der Waals surface area (Å²) in [7, 11) is 0. The van der Waals surface area contributed by atoms with Crippen LogP contribution < -0.4 is 4.90 Å². The number of para-hydroxylation sites is 1. The van der Waals surface area contributed by atoms with Crippen molar-refractivity contribution in [2.75, 3.05) is 4.90 Å². The zero-order valence-electron chi connectivity index (χ0n) is 34.8. The molecule has 12 rings (SSSR count). The first kappa shape index (κ1) is 36.1. The van der Waals surface area contributed by atoms with Gasteiger partial charge >= 0.3 is 0 Å². The number of rotatable bonds is 6. The van der Waals surface area contributed by atoms with Crippen LogP contribution in [0.15, 0.2) is 224 Å². The van der Waals surface area contributed by atoms with E-state index in [1.165, 1.54) is 98.7 Å². The fourth-order valence-corrected chi connectivity index (χ4v) is 10.4. The molecular formula is C61H43N. The zero-order valence-corrected chi connectivity index (χ0v) is 34.8. The first-order chi connectivity index (χ1) is 30.5. The molecule has 0 atom stereocenters. The second-order valence-electron chi connectivity index (χ2n) is 17.3. The van der Waals surface area contributed by atoms with Crippen molar-refractivity contribution in [3.63, 3.8) is 0 Å². The quantitative estimate of drug-likeness (QED) is 0.152. The van der Waals surface area contributed by atoms with E-state index >= 15 is 0 Å². The molecule has 1 nitrogen and oxygen atoms in total. The minimum absolute atomic E-state index is 0.227. The lowest BCUT2D eigenvalue weighted by Crippen LogP contribution is -2.17. The molecule has 0 aliphatic heterocycles. The first-order valence-corrected chi connectivity index (χ1v) is 21.7. The van der Waals surface area contributed by atoms with Gasteiger partial charge in [-0.15, -0.1) is 0 Å². The molecule has 11 aromatic rings. The van der Waals surface area contributed by atoms with Gasteiger partial charge in [-0.25, -0.2) is 0 Å². The van der Waals surface area contributed by atoms with E-state index in [4.69, 9.17) is 0 Å². The first-order valence-electron chi connectivity index (χ1n) is 21.7. The van der Waals surface area contributed by atoms with E-state index in [1.54, 1.807) is 0 Å². The molecule has 292 valence electrons. The Morgan fingerprint density at radius 3 is 1.56 bits per heavy atom. The van der Waals surface area contributed by atoms with Crippen LogP contribution in [-0.4, -0.2) is 0 Å². The second kappa shape index (κ2) is 14.2. The fourth-order valence-electron chi connectivity index (χ4n) is 10.4. The molecular weight excluding hydrogens is 747 g/mol. The van der Waals surface area contributed by atoms with Crippen LogP contribution in [0.4, 0.5) is 17.1 Å². The van der Waals surface area contributed by atoms with E-state index in [1.807, 2.05) is 0 Å². The van der Waals surface area contributed by atoms with E-state index < -0.39 is 0 Å². The maximum absolute atomic E-state index is 2.49. The van der Waals surface area contributed by atoms with Gasteiger partial charge < -0.3 is 4.90 Å². The summed E-state index contributed by atoms with van der Waals surface area (Å²) in [5, 5.41) is 10.2. The largest absolute Gasteiger partial charge is 0.310 e. The molecule has 1 aliphatic rings. The SMILES string of the molecule is CC1(C)c2cc(-c3cccc4ccccc34)ccc2-c2ccc(N(c3ccc4c5ccccc5c5ccccc5c4c3)c3ccccc3-c3cccc(-c4ccccc4)c3)cc21. The van der Waals surface area contributed by atoms with E-state index in [0.29, 0.717) is 0 Å². The van der Waals surface area contributed by atoms with Crippen LogP contribution in [-0.2, 0) is 5.41 Å². The Hall–Kier alpha value is -7.74. The van der Waals surface area contributed by atoms with Crippen molar-refractivity contribution in [3.8, 4) is 44.5 Å². The highest BCUT2D eigenvalue weighted by atomic mass is 15.1. The van der Waals surface area contributed by atoms with Gasteiger partial charge in [0.1, 0.15) is 0 Å². The van der Waals surface area contributed by atoms with Crippen LogP contribution in [0, 0.1) is 0 Å². The molecule has 62 heavy (non-hydrogen) atoms. The molecule has 0 aromatic heterocycles. The molecule has 0 bridgehead atoms. The monoisotopic (exact) mass is 789 g/mol. The molecule has 11 aromatic carbocycles. The predicted octanol–water partition coefficient (Wildman–Crippen LogP) is 17.1. The third-order valence-electron chi connectivity index (χ3n) is 13.4. The van der Waals surface area contributed by atoms with Crippen molar-refractivity contribution in [3.05, 3.63) is 236 Å². The fraction of sp³-hybridized carbons (Fsp3) is 0.0492. The van der Waals surface area contributed by atoms with Gasteiger partial charge in [0.25, 0.3) is 0 Å². The molecule has 0 fully saturated rings. The minimum atomic E-state index is -0.227. The number of hydrogen-bond donors (Lipinski definition) is 0. The van der Waals surface area contributed by atoms with Gasteiger partial charge in [0.05, 0.1) is 5.69 Å². The summed E-state index contributed by atoms with van der Waals surface area (Å²) in [6, 6.07) is 83.0. The molecule has 0 radical (unpaired) electrons. The van der Waals surface area contributed by atoms with Crippen LogP contribution in [0.5, 0.6) is 0 Å². The summed E-state index contributed by atoms with van der Waals surface area (Å²) in [5.74, 6) is 0. The Bertz CT molecular complexity index is 3520. The van der Waals surface area contributed by atoms with E-state index in [-0.39, 0.29) is 5.41 Å². The maximum Gasteiger partial charge on any atom is 0.0540 e. The predicted molar refractivity (Wildman–Crippen MR) is 265 cm³/mol. The van der Waals surface area contributed by atoms with Gasteiger partial charge in [0.15, 0.2) is 0 Å². The third-order valence-corrected chi connectivity index (χ3v) is 13.4. The molecule has 1 aliphatic carbocycles. The van der Waals surface area contributed by atoms with Crippen LogP contribution in [0.3, 0.4) is 0 Å². The Kier molecular flexibility index (Phi) is 8.27. The summed E-state index contributed by atoms with van der Waals surface area (Å²) >= 11 is 0. The minimum Gasteiger partial charge on any atom is -0.310 e. The highest BCUT2D eigenvalue weighted by molar-refractivity contribution is 6.26. The Labute approximate surface area is 362 Å². The van der Waals surface area contributed by atoms with Crippen molar-refractivity contribution in [1.29, 1.82) is 0 Å². The average Bonchev–Trinajstić information content (AvgIpc) is 3.56. The van der Waals surface area contributed by atoms with Crippen LogP contribution >= 0.6 is 0 Å². The van der Waals surface area contributed by atoms with Gasteiger partial charge in [-0.05, 0) is 136 Å². The Morgan fingerprint density at radius 1 is 0.290 bits per heavy atom. The molecule has 0 spiro atoms. The molecule has 0 N–H and O–H groups in total. The van der Waals surface area contributed by atoms with E-state index in [2.05, 4.69) is 243 Å². The van der Waals surface area contributed by atoms with Gasteiger partial charge in [0.2, 0.25) is 0 Å². The van der Waals surface area contributed by atoms with Gasteiger partial charge in [-0.3, -0.25) is 0 Å². The standard InChI is InChI=1S/C61H43N/c1-61(2)58-37-44(48-28-15-19-41-18-6-7-22-47(41)48)30-33-55(58)56-35-32-46(39-59(56)61)62(60-29-13-12-23-49(60)43-21-14-20-42(36-43)40-16-4-3-5-17-40)45-31-34-54-52-26-9-8-24-50(52)51-25-10-11-27-53(51)57(54)38-45/h3-39H,1-2H3. The van der Waals surface area contributed by atoms with E-state index in [9.17, 15) is 0 Å². The zero-order chi connectivity index (χ0) is 41.4. The second-order valence-corrected chi connectivity index (χ2v) is 17.3. The molecule has 0 amide bonds. The lowest BCUT2D eigenvalue weighted by atomic mass is 9.81. The Balaban J connectivity index is 1.06. The number of fused-ring (bicyclic) bond motifs is 10. The number of anilines is 3. The number of nitrogens with zero attached hydrogens (tertiary/aromatic N) is 1. The normalized spacial score (nSPS) is 12.8. The molecule has 0 heterocycles. The van der Waals surface area contributed by atoms with E-state index in [0.717, 1.165) is 17.1 Å². The Morgan fingerprint density at radius 2 is 0.790 bits per heavy atom. The van der Waals surface area contributed by atoms with Crippen LogP contribution in [0.1, 0.15) is 25.0 Å². The molecule has 0 saturated heterocycles. The van der Waals surface area contributed by atoms with Gasteiger partial charge in [0, 0.05) is 22.4 Å². The van der Waals surface area contributed by atoms with Crippen molar-refractivity contribution < 1.29 is 0 Å². The smallest absolute Gasteiger partial charge is 0.0540 e. The van der Waals surface area contributed by atoms with Gasteiger partial charge in [-0.1, -0.05) is 196 Å². The summed E-state index contributed by atoms with van der Waals surface area (Å²) in [5.41, 5.74) is 15.8. The highest BCUT2D eigenvalue weighted by Crippen LogP contribution is 2.53. The summed E-state index contributed by atoms with van der Waals surface area (Å²) in [6.45, 7) is 4.80. The average molecular weight is 790 g/mol. The molecule has 0 unspecified atom stereocenters. The van der Waals surface area contributed by atoms with Crippen molar-refractivity contribution in [2.45, 2.75) is 19.3 Å². The van der Waals surface area contributed by atoms with Crippen molar-refractivity contribution in [2.24, 2.45) is 0 Å². The highest BCUT2D eigenvalue weighted by Gasteiger charge is 2.36.